The molecule has 0 bridgehead atoms. The zero-order valence-corrected chi connectivity index (χ0v) is 11.4. The van der Waals surface area contributed by atoms with E-state index in [9.17, 15) is 0 Å². The summed E-state index contributed by atoms with van der Waals surface area (Å²) in [5, 5.41) is 0.398. The van der Waals surface area contributed by atoms with Crippen LogP contribution in [-0.2, 0) is 0 Å². The summed E-state index contributed by atoms with van der Waals surface area (Å²) in [7, 11) is 0. The van der Waals surface area contributed by atoms with Crippen LogP contribution in [0.1, 0.15) is 25.7 Å². The predicted molar refractivity (Wildman–Crippen MR) is 74.9 cm³/mol. The van der Waals surface area contributed by atoms with E-state index in [-0.39, 0.29) is 24.8 Å². The van der Waals surface area contributed by atoms with Crippen LogP contribution in [0.2, 0.25) is 0 Å². The minimum atomic E-state index is 0. The monoisotopic (exact) mass is 273 g/mol. The Kier molecular flexibility index (Phi) is 12.9. The van der Waals surface area contributed by atoms with Crippen molar-refractivity contribution >= 4 is 42.6 Å². The number of nitrogens with two attached hydrogens (primary N) is 1. The molecule has 1 rings (SSSR count). The summed E-state index contributed by atoms with van der Waals surface area (Å²) >= 11 is 3.93. The molecule has 0 radical (unpaired) electrons. The zero-order valence-electron chi connectivity index (χ0n) is 8.89. The molecule has 3 nitrogen and oxygen atoms in total. The summed E-state index contributed by atoms with van der Waals surface area (Å²) in [5.41, 5.74) is 5.33. The number of thiol groups is 1. The van der Waals surface area contributed by atoms with E-state index in [0.717, 1.165) is 13.1 Å². The Labute approximate surface area is 110 Å². The van der Waals surface area contributed by atoms with Crippen molar-refractivity contribution < 1.29 is 0 Å². The van der Waals surface area contributed by atoms with Gasteiger partial charge in [0.1, 0.15) is 0 Å². The lowest BCUT2D eigenvalue weighted by Crippen LogP contribution is -2.27. The van der Waals surface area contributed by atoms with Crippen LogP contribution < -0.4 is 5.73 Å². The standard InChI is InChI=1S/C9H19N3S.2ClH/c10-9(13)11-5-8-12-6-3-1-2-4-7-12;;/h1-8H2,(H3,10,11,13);2*1H. The van der Waals surface area contributed by atoms with Gasteiger partial charge in [-0.25, -0.2) is 0 Å². The van der Waals surface area contributed by atoms with E-state index in [4.69, 9.17) is 5.73 Å². The average molecular weight is 274 g/mol. The molecule has 0 amide bonds. The van der Waals surface area contributed by atoms with Gasteiger partial charge >= 0.3 is 0 Å². The second-order valence-corrected chi connectivity index (χ2v) is 3.95. The van der Waals surface area contributed by atoms with Crippen LogP contribution in [0.3, 0.4) is 0 Å². The van der Waals surface area contributed by atoms with Gasteiger partial charge in [0.05, 0.1) is 6.54 Å². The third-order valence-corrected chi connectivity index (χ3v) is 2.53. The Morgan fingerprint density at radius 3 is 2.13 bits per heavy atom. The summed E-state index contributed by atoms with van der Waals surface area (Å²) in [6.07, 6.45) is 5.43. The molecule has 0 aliphatic carbocycles. The number of hydrogen-bond donors (Lipinski definition) is 2. The highest BCUT2D eigenvalue weighted by Gasteiger charge is 2.07. The predicted octanol–water partition coefficient (Wildman–Crippen LogP) is 1.95. The highest BCUT2D eigenvalue weighted by atomic mass is 35.5. The van der Waals surface area contributed by atoms with Gasteiger partial charge in [0.25, 0.3) is 0 Å². The Hall–Kier alpha value is 0.360. The zero-order chi connectivity index (χ0) is 9.52. The minimum Gasteiger partial charge on any atom is -0.379 e. The quantitative estimate of drug-likeness (QED) is 0.469. The smallest absolute Gasteiger partial charge is 0.150 e. The third kappa shape index (κ3) is 9.30. The second-order valence-electron chi connectivity index (χ2n) is 3.50. The first kappa shape index (κ1) is 17.7. The molecule has 1 heterocycles. The van der Waals surface area contributed by atoms with Gasteiger partial charge in [-0.3, -0.25) is 4.99 Å². The topological polar surface area (TPSA) is 41.6 Å². The van der Waals surface area contributed by atoms with Gasteiger partial charge in [-0.1, -0.05) is 12.8 Å². The number of amidine groups is 1. The lowest BCUT2D eigenvalue weighted by atomic mass is 10.2. The Morgan fingerprint density at radius 2 is 1.67 bits per heavy atom. The molecule has 1 saturated heterocycles. The first-order valence-corrected chi connectivity index (χ1v) is 5.45. The molecule has 92 valence electrons. The molecule has 2 N–H and O–H groups in total. The van der Waals surface area contributed by atoms with Gasteiger partial charge in [0, 0.05) is 6.54 Å². The van der Waals surface area contributed by atoms with Gasteiger partial charge in [-0.15, -0.1) is 37.4 Å². The molecular weight excluding hydrogens is 253 g/mol. The van der Waals surface area contributed by atoms with Crippen molar-refractivity contribution in [2.24, 2.45) is 10.7 Å². The van der Waals surface area contributed by atoms with Crippen LogP contribution in [0.25, 0.3) is 0 Å². The molecular formula is C9H21Cl2N3S. The average Bonchev–Trinajstić information content (AvgIpc) is 2.32. The molecule has 0 aromatic rings. The minimum absolute atomic E-state index is 0. The first-order valence-electron chi connectivity index (χ1n) is 5.00. The number of likely N-dealkylation sites (tertiary alicyclic amines) is 1. The normalized spacial score (nSPS) is 18.6. The van der Waals surface area contributed by atoms with Crippen LogP contribution in [0, 0.1) is 0 Å². The van der Waals surface area contributed by atoms with Gasteiger partial charge in [-0.05, 0) is 25.9 Å². The fourth-order valence-electron chi connectivity index (χ4n) is 1.67. The molecule has 0 spiro atoms. The number of aliphatic imine (C=N–C) groups is 1. The molecule has 1 aliphatic heterocycles. The van der Waals surface area contributed by atoms with E-state index < -0.39 is 0 Å². The van der Waals surface area contributed by atoms with Crippen molar-refractivity contribution in [2.45, 2.75) is 25.7 Å². The van der Waals surface area contributed by atoms with Crippen LogP contribution in [0.15, 0.2) is 4.99 Å². The van der Waals surface area contributed by atoms with Crippen LogP contribution in [0.5, 0.6) is 0 Å². The molecule has 1 fully saturated rings. The number of hydrogen-bond acceptors (Lipinski definition) is 2. The fourth-order valence-corrected chi connectivity index (χ4v) is 1.77. The maximum Gasteiger partial charge on any atom is 0.150 e. The van der Waals surface area contributed by atoms with Crippen LogP contribution >= 0.6 is 37.4 Å². The number of nitrogens with zero attached hydrogens (tertiary/aromatic N) is 2. The van der Waals surface area contributed by atoms with Crippen LogP contribution in [0.4, 0.5) is 0 Å². The molecule has 1 aliphatic rings. The SMILES string of the molecule is Cl.Cl.NC(S)=NCCN1CCCCCC1. The van der Waals surface area contributed by atoms with Crippen molar-refractivity contribution in [3.8, 4) is 0 Å². The first-order chi connectivity index (χ1) is 6.29. The molecule has 6 heteroatoms. The van der Waals surface area contributed by atoms with E-state index in [1.54, 1.807) is 0 Å². The maximum absolute atomic E-state index is 5.33. The van der Waals surface area contributed by atoms with E-state index in [1.165, 1.54) is 38.8 Å². The molecule has 0 saturated carbocycles. The summed E-state index contributed by atoms with van der Waals surface area (Å²) < 4.78 is 0. The van der Waals surface area contributed by atoms with Crippen molar-refractivity contribution in [3.63, 3.8) is 0 Å². The summed E-state index contributed by atoms with van der Waals surface area (Å²) in [6.45, 7) is 4.26. The lowest BCUT2D eigenvalue weighted by molar-refractivity contribution is 0.293. The van der Waals surface area contributed by atoms with Crippen molar-refractivity contribution in [2.75, 3.05) is 26.2 Å². The maximum atomic E-state index is 5.33. The van der Waals surface area contributed by atoms with E-state index in [2.05, 4.69) is 22.5 Å². The van der Waals surface area contributed by atoms with Gasteiger partial charge in [0.2, 0.25) is 0 Å². The van der Waals surface area contributed by atoms with Gasteiger partial charge in [0.15, 0.2) is 5.17 Å². The molecule has 0 unspecified atom stereocenters. The number of halogens is 2. The lowest BCUT2D eigenvalue weighted by Gasteiger charge is -2.17. The Bertz CT molecular complexity index is 167. The van der Waals surface area contributed by atoms with E-state index >= 15 is 0 Å². The van der Waals surface area contributed by atoms with Crippen molar-refractivity contribution in [1.82, 2.24) is 4.90 Å². The largest absolute Gasteiger partial charge is 0.379 e. The molecule has 0 aromatic carbocycles. The van der Waals surface area contributed by atoms with Crippen LogP contribution in [-0.4, -0.2) is 36.2 Å². The molecule has 15 heavy (non-hydrogen) atoms. The van der Waals surface area contributed by atoms with Crippen molar-refractivity contribution in [3.05, 3.63) is 0 Å². The van der Waals surface area contributed by atoms with Gasteiger partial charge in [-0.2, -0.15) is 0 Å². The van der Waals surface area contributed by atoms with E-state index in [0.29, 0.717) is 5.17 Å². The Balaban J connectivity index is 0. The third-order valence-electron chi connectivity index (χ3n) is 2.39. The summed E-state index contributed by atoms with van der Waals surface area (Å²) in [4.78, 5) is 6.53. The highest BCUT2D eigenvalue weighted by Crippen LogP contribution is 2.08. The Morgan fingerprint density at radius 1 is 1.13 bits per heavy atom. The fraction of sp³-hybridized carbons (Fsp3) is 0.889. The summed E-state index contributed by atoms with van der Waals surface area (Å²) in [5.74, 6) is 0. The van der Waals surface area contributed by atoms with Crippen molar-refractivity contribution in [1.29, 1.82) is 0 Å². The number of rotatable bonds is 3. The summed E-state index contributed by atoms with van der Waals surface area (Å²) in [6, 6.07) is 0. The second kappa shape index (κ2) is 10.9. The molecule has 0 aromatic heterocycles. The van der Waals surface area contributed by atoms with Gasteiger partial charge < -0.3 is 10.6 Å². The highest BCUT2D eigenvalue weighted by molar-refractivity contribution is 7.96. The van der Waals surface area contributed by atoms with E-state index in [1.807, 2.05) is 0 Å². The molecule has 0 atom stereocenters.